The minimum absolute atomic E-state index is 0.139. The van der Waals surface area contributed by atoms with E-state index in [9.17, 15) is 4.79 Å². The average Bonchev–Trinajstić information content (AvgIpc) is 2.29. The highest BCUT2D eigenvalue weighted by Crippen LogP contribution is 2.18. The van der Waals surface area contributed by atoms with Crippen molar-refractivity contribution in [2.24, 2.45) is 0 Å². The van der Waals surface area contributed by atoms with E-state index < -0.39 is 0 Å². The van der Waals surface area contributed by atoms with Gasteiger partial charge in [0.25, 0.3) is 0 Å². The predicted molar refractivity (Wildman–Crippen MR) is 73.6 cm³/mol. The number of esters is 1. The minimum Gasteiger partial charge on any atom is -0.469 e. The first-order valence-electron chi connectivity index (χ1n) is 5.82. The molecule has 2 nitrogen and oxygen atoms in total. The Balaban J connectivity index is 2.54. The Hall–Kier alpha value is -0.830. The maximum Gasteiger partial charge on any atom is 0.306 e. The molecule has 0 aliphatic heterocycles. The summed E-state index contributed by atoms with van der Waals surface area (Å²) < 4.78 is 4.64. The quantitative estimate of drug-likeness (QED) is 0.612. The second-order valence-electron chi connectivity index (χ2n) is 4.48. The third-order valence-electron chi connectivity index (χ3n) is 2.72. The molecule has 0 aliphatic rings. The Labute approximate surface area is 111 Å². The summed E-state index contributed by atoms with van der Waals surface area (Å²) in [5, 5.41) is 0. The number of alkyl halides is 1. The summed E-state index contributed by atoms with van der Waals surface area (Å²) in [6, 6.07) is 8.55. The monoisotopic (exact) mass is 298 g/mol. The van der Waals surface area contributed by atoms with Gasteiger partial charge in [-0.2, -0.15) is 0 Å². The molecular weight excluding hydrogens is 280 g/mol. The highest BCUT2D eigenvalue weighted by atomic mass is 79.9. The standard InChI is InChI=1S/C14H19BrO2/c1-10(2)12-6-4-11(5-7-12)8-13(15)9-14(16)17-3/h4-7,10,13H,8-9H2,1-3H3. The van der Waals surface area contributed by atoms with Gasteiger partial charge >= 0.3 is 5.97 Å². The number of ether oxygens (including phenoxy) is 1. The molecule has 0 aromatic heterocycles. The van der Waals surface area contributed by atoms with E-state index in [1.807, 2.05) is 0 Å². The fraction of sp³-hybridized carbons (Fsp3) is 0.500. The van der Waals surface area contributed by atoms with E-state index in [0.29, 0.717) is 12.3 Å². The van der Waals surface area contributed by atoms with Crippen molar-refractivity contribution in [3.63, 3.8) is 0 Å². The molecule has 0 fully saturated rings. The summed E-state index contributed by atoms with van der Waals surface area (Å²) in [7, 11) is 1.42. The van der Waals surface area contributed by atoms with Crippen LogP contribution in [0.1, 0.15) is 37.3 Å². The van der Waals surface area contributed by atoms with Gasteiger partial charge in [0.15, 0.2) is 0 Å². The number of halogens is 1. The molecule has 1 aromatic carbocycles. The van der Waals surface area contributed by atoms with Gasteiger partial charge in [0.2, 0.25) is 0 Å². The van der Waals surface area contributed by atoms with Crippen molar-refractivity contribution in [1.29, 1.82) is 0 Å². The molecule has 1 atom stereocenters. The number of hydrogen-bond donors (Lipinski definition) is 0. The van der Waals surface area contributed by atoms with Crippen LogP contribution in [0, 0.1) is 0 Å². The van der Waals surface area contributed by atoms with Crippen molar-refractivity contribution in [3.05, 3.63) is 35.4 Å². The lowest BCUT2D eigenvalue weighted by atomic mass is 10.00. The Kier molecular flexibility index (Phi) is 5.69. The first-order valence-corrected chi connectivity index (χ1v) is 6.74. The maximum absolute atomic E-state index is 11.1. The van der Waals surface area contributed by atoms with Gasteiger partial charge < -0.3 is 4.74 Å². The average molecular weight is 299 g/mol. The third-order valence-corrected chi connectivity index (χ3v) is 3.37. The van der Waals surface area contributed by atoms with Crippen LogP contribution in [0.25, 0.3) is 0 Å². The van der Waals surface area contributed by atoms with Crippen LogP contribution in [-0.4, -0.2) is 17.9 Å². The fourth-order valence-electron chi connectivity index (χ4n) is 1.63. The lowest BCUT2D eigenvalue weighted by Gasteiger charge is -2.10. The van der Waals surface area contributed by atoms with E-state index in [0.717, 1.165) is 6.42 Å². The van der Waals surface area contributed by atoms with Crippen LogP contribution in [-0.2, 0) is 16.0 Å². The molecule has 0 saturated carbocycles. The Morgan fingerprint density at radius 3 is 2.35 bits per heavy atom. The topological polar surface area (TPSA) is 26.3 Å². The van der Waals surface area contributed by atoms with Crippen LogP contribution >= 0.6 is 15.9 Å². The molecule has 0 spiro atoms. The summed E-state index contributed by atoms with van der Waals surface area (Å²) in [4.78, 5) is 11.2. The number of hydrogen-bond acceptors (Lipinski definition) is 2. The molecule has 0 saturated heterocycles. The van der Waals surface area contributed by atoms with Crippen LogP contribution < -0.4 is 0 Å². The van der Waals surface area contributed by atoms with Gasteiger partial charge in [0.05, 0.1) is 13.5 Å². The third kappa shape index (κ3) is 4.90. The molecule has 0 N–H and O–H groups in total. The summed E-state index contributed by atoms with van der Waals surface area (Å²) >= 11 is 3.50. The normalized spacial score (nSPS) is 12.5. The molecule has 0 heterocycles. The first-order chi connectivity index (χ1) is 8.02. The van der Waals surface area contributed by atoms with E-state index in [4.69, 9.17) is 0 Å². The van der Waals surface area contributed by atoms with Crippen molar-refractivity contribution in [1.82, 2.24) is 0 Å². The van der Waals surface area contributed by atoms with Crippen molar-refractivity contribution in [2.45, 2.75) is 37.4 Å². The van der Waals surface area contributed by atoms with Crippen LogP contribution in [0.4, 0.5) is 0 Å². The van der Waals surface area contributed by atoms with Gasteiger partial charge in [0, 0.05) is 4.83 Å². The van der Waals surface area contributed by atoms with Crippen LogP contribution in [0.15, 0.2) is 24.3 Å². The summed E-state index contributed by atoms with van der Waals surface area (Å²) in [6.45, 7) is 4.36. The van der Waals surface area contributed by atoms with Gasteiger partial charge in [-0.3, -0.25) is 4.79 Å². The maximum atomic E-state index is 11.1. The fourth-order valence-corrected chi connectivity index (χ4v) is 2.27. The van der Waals surface area contributed by atoms with Crippen molar-refractivity contribution in [2.75, 3.05) is 7.11 Å². The summed E-state index contributed by atoms with van der Waals surface area (Å²) in [5.74, 6) is 0.379. The van der Waals surface area contributed by atoms with Gasteiger partial charge in [-0.1, -0.05) is 54.0 Å². The molecule has 3 heteroatoms. The highest BCUT2D eigenvalue weighted by Gasteiger charge is 2.11. The molecule has 1 rings (SSSR count). The molecule has 17 heavy (non-hydrogen) atoms. The SMILES string of the molecule is COC(=O)CC(Br)Cc1ccc(C(C)C)cc1. The molecule has 1 aromatic rings. The molecule has 1 unspecified atom stereocenters. The first kappa shape index (κ1) is 14.2. The molecule has 0 radical (unpaired) electrons. The number of carbonyl (C=O) groups excluding carboxylic acids is 1. The minimum atomic E-state index is -0.175. The Morgan fingerprint density at radius 1 is 1.29 bits per heavy atom. The zero-order valence-corrected chi connectivity index (χ0v) is 12.2. The van der Waals surface area contributed by atoms with Crippen molar-refractivity contribution in [3.8, 4) is 0 Å². The zero-order valence-electron chi connectivity index (χ0n) is 10.6. The van der Waals surface area contributed by atoms with Crippen molar-refractivity contribution < 1.29 is 9.53 Å². The van der Waals surface area contributed by atoms with Gasteiger partial charge in [0.1, 0.15) is 0 Å². The highest BCUT2D eigenvalue weighted by molar-refractivity contribution is 9.09. The second kappa shape index (κ2) is 6.80. The predicted octanol–water partition coefficient (Wildman–Crippen LogP) is 3.68. The molecular formula is C14H19BrO2. The van der Waals surface area contributed by atoms with E-state index in [1.165, 1.54) is 18.2 Å². The van der Waals surface area contributed by atoms with E-state index >= 15 is 0 Å². The van der Waals surface area contributed by atoms with Gasteiger partial charge in [-0.15, -0.1) is 0 Å². The molecule has 0 bridgehead atoms. The van der Waals surface area contributed by atoms with Crippen LogP contribution in [0.2, 0.25) is 0 Å². The van der Waals surface area contributed by atoms with E-state index in [1.54, 1.807) is 0 Å². The lowest BCUT2D eigenvalue weighted by molar-refractivity contribution is -0.140. The molecule has 0 aliphatic carbocycles. The van der Waals surface area contributed by atoms with Crippen LogP contribution in [0.3, 0.4) is 0 Å². The smallest absolute Gasteiger partial charge is 0.306 e. The second-order valence-corrected chi connectivity index (χ2v) is 5.77. The van der Waals surface area contributed by atoms with Crippen LogP contribution in [0.5, 0.6) is 0 Å². The Bertz CT molecular complexity index is 357. The Morgan fingerprint density at radius 2 is 1.88 bits per heavy atom. The largest absolute Gasteiger partial charge is 0.469 e. The van der Waals surface area contributed by atoms with Gasteiger partial charge in [-0.25, -0.2) is 0 Å². The molecule has 94 valence electrons. The summed E-state index contributed by atoms with van der Waals surface area (Å²) in [5.41, 5.74) is 2.58. The lowest BCUT2D eigenvalue weighted by Crippen LogP contribution is -2.11. The number of benzene rings is 1. The zero-order chi connectivity index (χ0) is 12.8. The number of methoxy groups -OCH3 is 1. The number of carbonyl (C=O) groups is 1. The van der Waals surface area contributed by atoms with E-state index in [-0.39, 0.29) is 10.8 Å². The molecule has 0 amide bonds. The van der Waals surface area contributed by atoms with E-state index in [2.05, 4.69) is 58.8 Å². The summed E-state index contributed by atoms with van der Waals surface area (Å²) in [6.07, 6.45) is 1.25. The van der Waals surface area contributed by atoms with Crippen molar-refractivity contribution >= 4 is 21.9 Å². The van der Waals surface area contributed by atoms with Gasteiger partial charge in [-0.05, 0) is 23.5 Å². The number of rotatable bonds is 5.